The quantitative estimate of drug-likeness (QED) is 0.155. The van der Waals surface area contributed by atoms with Crippen LogP contribution in [0.5, 0.6) is 11.5 Å². The lowest BCUT2D eigenvalue weighted by molar-refractivity contribution is 0.488. The van der Waals surface area contributed by atoms with Crippen molar-refractivity contribution in [2.75, 3.05) is 19.6 Å². The van der Waals surface area contributed by atoms with Crippen LogP contribution in [0.25, 0.3) is 44.5 Å². The van der Waals surface area contributed by atoms with Gasteiger partial charge in [0.25, 0.3) is 0 Å². The van der Waals surface area contributed by atoms with E-state index in [-0.39, 0.29) is 35.3 Å². The van der Waals surface area contributed by atoms with Gasteiger partial charge in [0.05, 0.1) is 46.9 Å². The topological polar surface area (TPSA) is 46.9 Å². The summed E-state index contributed by atoms with van der Waals surface area (Å²) in [6.45, 7) is 2.62. The summed E-state index contributed by atoms with van der Waals surface area (Å²) in [6.07, 6.45) is 16.9. The monoisotopic (exact) mass is 1280 g/mol. The molecule has 0 bridgehead atoms. The highest BCUT2D eigenvalue weighted by atomic mass is 32.2. The second-order valence-electron chi connectivity index (χ2n) is 26.0. The van der Waals surface area contributed by atoms with E-state index in [0.717, 1.165) is 116 Å². The van der Waals surface area contributed by atoms with Crippen LogP contribution in [0, 0.1) is 41.4 Å². The van der Waals surface area contributed by atoms with Gasteiger partial charge in [-0.1, -0.05) is 220 Å². The van der Waals surface area contributed by atoms with Crippen molar-refractivity contribution in [2.24, 2.45) is 9.98 Å². The number of hydrogen-bond acceptors (Lipinski definition) is 8. The first-order chi connectivity index (χ1) is 50.5. The number of anilines is 6. The molecule has 94 heavy (non-hydrogen) atoms. The number of nitrogens with zero attached hydrogens (tertiary/aromatic N) is 6. The number of hydrogen-bond donors (Lipinski definition) is 0. The molecule has 0 aromatic heterocycles. The minimum Gasteiger partial charge on any atom is -0.457 e. The van der Waals surface area contributed by atoms with Crippen LogP contribution in [0.2, 0.25) is 26.0 Å². The fourth-order valence-corrected chi connectivity index (χ4v) is 22.7. The highest BCUT2D eigenvalue weighted by Crippen LogP contribution is 2.51. The Morgan fingerprint density at radius 1 is 0.404 bits per heavy atom. The van der Waals surface area contributed by atoms with Gasteiger partial charge in [-0.25, -0.2) is 9.98 Å². The zero-order valence-electron chi connectivity index (χ0n) is 64.9. The van der Waals surface area contributed by atoms with E-state index in [1.54, 1.807) is 17.8 Å². The van der Waals surface area contributed by atoms with Crippen molar-refractivity contribution in [1.29, 1.82) is 0 Å². The lowest BCUT2D eigenvalue weighted by atomic mass is 9.90. The van der Waals surface area contributed by atoms with Crippen LogP contribution < -0.4 is 45.1 Å². The summed E-state index contributed by atoms with van der Waals surface area (Å²) in [5.41, 5.74) is 16.4. The first-order valence-corrected chi connectivity index (χ1v) is 37.9. The highest BCUT2D eigenvalue weighted by molar-refractivity contribution is 8.00. The molecule has 8 aliphatic rings. The third kappa shape index (κ3) is 8.96. The molecule has 10 aromatic carbocycles. The number of ether oxygens (including phenoxy) is 1. The van der Waals surface area contributed by atoms with Gasteiger partial charge in [0.1, 0.15) is 27.6 Å². The fourth-order valence-electron chi connectivity index (χ4n) is 15.4. The van der Waals surface area contributed by atoms with Crippen LogP contribution in [0.3, 0.4) is 0 Å². The minimum absolute atomic E-state index is 0.0366. The molecule has 0 radical (unpaired) electrons. The van der Waals surface area contributed by atoms with E-state index in [0.29, 0.717) is 38.9 Å². The van der Waals surface area contributed by atoms with E-state index < -0.39 is 42.8 Å². The molecule has 0 amide bonds. The summed E-state index contributed by atoms with van der Waals surface area (Å²) in [7, 11) is -6.49. The largest absolute Gasteiger partial charge is 0.457 e. The molecule has 10 heteroatoms. The molecule has 460 valence electrons. The van der Waals surface area contributed by atoms with Crippen molar-refractivity contribution in [3.63, 3.8) is 0 Å². The lowest BCUT2D eigenvalue weighted by Crippen LogP contribution is -2.56. The Labute approximate surface area is 576 Å². The van der Waals surface area contributed by atoms with Crippen molar-refractivity contribution in [1.82, 2.24) is 0 Å². The van der Waals surface area contributed by atoms with E-state index in [1.165, 1.54) is 0 Å². The summed E-state index contributed by atoms with van der Waals surface area (Å²) >= 11 is 1.59. The molecule has 10 aromatic rings. The van der Waals surface area contributed by atoms with Gasteiger partial charge in [-0.05, 0) is 195 Å². The Balaban J connectivity index is 0.000000156. The van der Waals surface area contributed by atoms with Crippen molar-refractivity contribution >= 4 is 94.7 Å². The van der Waals surface area contributed by atoms with Crippen LogP contribution >= 0.6 is 11.8 Å². The Morgan fingerprint density at radius 3 is 1.41 bits per heavy atom. The molecule has 6 heterocycles. The van der Waals surface area contributed by atoms with Crippen LogP contribution in [0.4, 0.5) is 34.1 Å². The van der Waals surface area contributed by atoms with Crippen molar-refractivity contribution < 1.29 is 21.2 Å². The van der Waals surface area contributed by atoms with Crippen molar-refractivity contribution in [3.8, 4) is 56.0 Å². The van der Waals surface area contributed by atoms with Gasteiger partial charge in [-0.15, -0.1) is 0 Å². The van der Waals surface area contributed by atoms with Crippen LogP contribution in [0.15, 0.2) is 263 Å². The standard InChI is InChI=1S/C42H37N3OSi.C42H37N3SSi/c2*1-26-23-29(44-36-16-8-9-17-37(36)45-35-15-7-6-14-34(35)43-42(44)45)21-22-30(26)32-24-28(3)33(25-27(32)2)31-13-12-20-40-41(31)46-38-18-10-11-19-39(38)47(40,4)5/h2*6-25,34-35H,1-5H3/i2*2D3,4D3. The Hall–Kier alpha value is -9.72. The summed E-state index contributed by atoms with van der Waals surface area (Å²) in [6, 6.07) is 63.7. The van der Waals surface area contributed by atoms with Crippen LogP contribution in [-0.4, -0.2) is 52.2 Å². The number of benzene rings is 10. The van der Waals surface area contributed by atoms with Crippen molar-refractivity contribution in [2.45, 2.75) is 101 Å². The molecule has 0 saturated carbocycles. The summed E-state index contributed by atoms with van der Waals surface area (Å²) in [5.74, 6) is 2.79. The molecule has 0 N–H and O–H groups in total. The SMILES string of the molecule is [2H]C([2H])([2H])c1cc(-c2cccc3c2Oc2ccccc2[Si]3(C)C([2H])([2H])[2H])c(C)cc1-c1ccc(N2C3=NC4C=CC=CC4N3c3ccccc32)cc1C.[2H]C([2H])([2H])c1cc(-c2cccc3c2Sc2ccccc2[Si]3(C)C([2H])([2H])[2H])c(C)cc1-c1ccc(N2C3=NC4C=CC=CC4N3c3ccccc32)cc1C. The van der Waals surface area contributed by atoms with Gasteiger partial charge in [-0.3, -0.25) is 9.80 Å². The maximum atomic E-state index is 8.73. The molecule has 7 nitrogen and oxygen atoms in total. The number of aryl methyl sites for hydroxylation is 6. The smallest absolute Gasteiger partial charge is 0.211 e. The fraction of sp³-hybridized carbons (Fsp3) is 0.167. The van der Waals surface area contributed by atoms with Crippen LogP contribution in [-0.2, 0) is 0 Å². The van der Waals surface area contributed by atoms with Gasteiger partial charge in [0.15, 0.2) is 0 Å². The van der Waals surface area contributed by atoms with Crippen LogP contribution in [0.1, 0.15) is 49.8 Å². The lowest BCUT2D eigenvalue weighted by Gasteiger charge is -2.34. The van der Waals surface area contributed by atoms with Gasteiger partial charge >= 0.3 is 0 Å². The van der Waals surface area contributed by atoms with E-state index in [1.807, 2.05) is 180 Å². The molecular weight excluding hydrogens is 1200 g/mol. The maximum absolute atomic E-state index is 8.73. The Kier molecular flexibility index (Phi) is 10.8. The first-order valence-electron chi connectivity index (χ1n) is 38.1. The highest BCUT2D eigenvalue weighted by Gasteiger charge is 2.47. The Morgan fingerprint density at radius 2 is 0.851 bits per heavy atom. The zero-order chi connectivity index (χ0) is 74.1. The summed E-state index contributed by atoms with van der Waals surface area (Å²) in [5, 5.41) is 3.19. The van der Waals surface area contributed by atoms with E-state index in [9.17, 15) is 0 Å². The number of aliphatic imine (C=N–C) groups is 2. The van der Waals surface area contributed by atoms with E-state index >= 15 is 0 Å². The van der Waals surface area contributed by atoms with Gasteiger partial charge in [-0.2, -0.15) is 0 Å². The number of fused-ring (bicyclic) bond motifs is 14. The molecular formula is C84H74N6OSSi2. The maximum Gasteiger partial charge on any atom is 0.211 e. The molecule has 6 aliphatic heterocycles. The predicted molar refractivity (Wildman–Crippen MR) is 402 cm³/mol. The molecule has 6 unspecified atom stereocenters. The van der Waals surface area contributed by atoms with E-state index in [4.69, 9.17) is 31.2 Å². The van der Waals surface area contributed by atoms with Gasteiger partial charge in [0.2, 0.25) is 11.9 Å². The summed E-state index contributed by atoms with van der Waals surface area (Å²) in [4.78, 5) is 21.1. The van der Waals surface area contributed by atoms with Gasteiger partial charge < -0.3 is 14.5 Å². The number of guanidine groups is 2. The van der Waals surface area contributed by atoms with Gasteiger partial charge in [0, 0.05) is 43.2 Å². The number of allylic oxidation sites excluding steroid dienone is 4. The average Bonchev–Trinajstić information content (AvgIpc) is 1.04. The third-order valence-electron chi connectivity index (χ3n) is 20.1. The zero-order valence-corrected chi connectivity index (χ0v) is 55.7. The number of rotatable bonds is 6. The van der Waals surface area contributed by atoms with E-state index in [2.05, 4.69) is 117 Å². The first kappa shape index (κ1) is 46.4. The molecule has 2 aliphatic carbocycles. The van der Waals surface area contributed by atoms with Crippen molar-refractivity contribution in [3.05, 3.63) is 276 Å². The number of para-hydroxylation sites is 6. The third-order valence-corrected chi connectivity index (χ3v) is 27.6. The Bertz CT molecular complexity index is 5240. The molecule has 0 saturated heterocycles. The predicted octanol–water partition coefficient (Wildman–Crippen LogP) is 18.5. The normalized spacial score (nSPS) is 23.9. The summed E-state index contributed by atoms with van der Waals surface area (Å²) < 4.78 is 111. The molecule has 18 rings (SSSR count). The second-order valence-corrected chi connectivity index (χ2v) is 33.7. The minimum atomic E-state index is -3.30. The average molecular weight is 1280 g/mol. The molecule has 0 spiro atoms. The molecule has 0 fully saturated rings. The second kappa shape index (κ2) is 21.9. The molecule has 6 atom stereocenters.